The van der Waals surface area contributed by atoms with Gasteiger partial charge in [0.05, 0.1) is 10.1 Å². The average molecular weight is 375 g/mol. The number of Topliss-reactive ketones (excluding diaryl/α,β-unsaturated/α-hetero) is 1. The molecule has 1 aromatic heterocycles. The molecule has 0 spiro atoms. The fourth-order valence-electron chi connectivity index (χ4n) is 2.84. The molecule has 0 unspecified atom stereocenters. The maximum absolute atomic E-state index is 12.6. The maximum atomic E-state index is 12.6. The van der Waals surface area contributed by atoms with Gasteiger partial charge in [-0.1, -0.05) is 12.1 Å². The van der Waals surface area contributed by atoms with Crippen LogP contribution in [0.5, 0.6) is 0 Å². The molecule has 1 heterocycles. The molecule has 7 nitrogen and oxygen atoms in total. The molecule has 0 saturated heterocycles. The van der Waals surface area contributed by atoms with E-state index >= 15 is 0 Å². The molecule has 138 valence electrons. The number of rotatable bonds is 5. The number of imidazole rings is 1. The highest BCUT2D eigenvalue weighted by molar-refractivity contribution is 7.92. The summed E-state index contributed by atoms with van der Waals surface area (Å²) >= 11 is 0. The SMILES string of the molecule is CC(=O)c1nc(-c2ccc(S(=O)(=O)C3CC3)cc2)c(C(=O)N(C)C)n1C. The van der Waals surface area contributed by atoms with Crippen molar-refractivity contribution in [3.63, 3.8) is 0 Å². The minimum atomic E-state index is -3.28. The summed E-state index contributed by atoms with van der Waals surface area (Å²) in [7, 11) is 1.59. The summed E-state index contributed by atoms with van der Waals surface area (Å²) in [6.45, 7) is 1.39. The Morgan fingerprint density at radius 1 is 1.15 bits per heavy atom. The molecule has 3 rings (SSSR count). The molecule has 0 bridgehead atoms. The number of carbonyl (C=O) groups excluding carboxylic acids is 2. The molecule has 1 amide bonds. The molecule has 2 aromatic rings. The van der Waals surface area contributed by atoms with Gasteiger partial charge in [0, 0.05) is 33.6 Å². The van der Waals surface area contributed by atoms with E-state index in [0.29, 0.717) is 24.1 Å². The average Bonchev–Trinajstić information content (AvgIpc) is 3.38. The first kappa shape index (κ1) is 18.3. The van der Waals surface area contributed by atoms with Crippen molar-refractivity contribution < 1.29 is 18.0 Å². The molecule has 1 saturated carbocycles. The first-order valence-corrected chi connectivity index (χ1v) is 9.83. The fourth-order valence-corrected chi connectivity index (χ4v) is 4.50. The van der Waals surface area contributed by atoms with Gasteiger partial charge in [0.2, 0.25) is 0 Å². The number of aromatic nitrogens is 2. The molecule has 26 heavy (non-hydrogen) atoms. The van der Waals surface area contributed by atoms with Crippen LogP contribution in [0.15, 0.2) is 29.2 Å². The van der Waals surface area contributed by atoms with Crippen molar-refractivity contribution in [1.29, 1.82) is 0 Å². The molecular formula is C18H21N3O4S. The maximum Gasteiger partial charge on any atom is 0.272 e. The van der Waals surface area contributed by atoms with Crippen molar-refractivity contribution in [2.24, 2.45) is 7.05 Å². The predicted octanol–water partition coefficient (Wildman–Crippen LogP) is 1.93. The van der Waals surface area contributed by atoms with Gasteiger partial charge in [-0.3, -0.25) is 9.59 Å². The third-order valence-electron chi connectivity index (χ3n) is 4.44. The lowest BCUT2D eigenvalue weighted by molar-refractivity contribution is 0.0819. The first-order chi connectivity index (χ1) is 12.1. The molecular weight excluding hydrogens is 354 g/mol. The molecule has 1 fully saturated rings. The second kappa shape index (κ2) is 6.35. The standard InChI is InChI=1S/C18H21N3O4S/c1-11(22)17-19-15(16(21(17)4)18(23)20(2)3)12-5-7-13(8-6-12)26(24,25)14-9-10-14/h5-8,14H,9-10H2,1-4H3. The van der Waals surface area contributed by atoms with Crippen LogP contribution in [-0.2, 0) is 16.9 Å². The van der Waals surface area contributed by atoms with E-state index in [0.717, 1.165) is 0 Å². The number of ketones is 1. The number of carbonyl (C=O) groups is 2. The van der Waals surface area contributed by atoms with E-state index < -0.39 is 9.84 Å². The molecule has 1 aliphatic carbocycles. The number of amides is 1. The largest absolute Gasteiger partial charge is 0.343 e. The molecule has 0 aliphatic heterocycles. The lowest BCUT2D eigenvalue weighted by Gasteiger charge is -2.12. The summed E-state index contributed by atoms with van der Waals surface area (Å²) in [5.74, 6) is -0.350. The van der Waals surface area contributed by atoms with E-state index in [-0.39, 0.29) is 33.4 Å². The van der Waals surface area contributed by atoms with Gasteiger partial charge < -0.3 is 9.47 Å². The van der Waals surface area contributed by atoms with Crippen LogP contribution in [0.1, 0.15) is 40.9 Å². The van der Waals surface area contributed by atoms with Crippen molar-refractivity contribution in [1.82, 2.24) is 14.5 Å². The van der Waals surface area contributed by atoms with Crippen LogP contribution in [0.4, 0.5) is 0 Å². The van der Waals surface area contributed by atoms with E-state index in [9.17, 15) is 18.0 Å². The zero-order valence-electron chi connectivity index (χ0n) is 15.2. The molecule has 8 heteroatoms. The van der Waals surface area contributed by atoms with Crippen molar-refractivity contribution in [2.75, 3.05) is 14.1 Å². The van der Waals surface area contributed by atoms with Crippen LogP contribution in [0, 0.1) is 0 Å². The highest BCUT2D eigenvalue weighted by Crippen LogP contribution is 2.34. The van der Waals surface area contributed by atoms with Gasteiger partial charge in [-0.25, -0.2) is 13.4 Å². The Bertz CT molecular complexity index is 984. The summed E-state index contributed by atoms with van der Waals surface area (Å²) in [5.41, 5.74) is 1.25. The Labute approximate surface area is 152 Å². The number of benzene rings is 1. The third kappa shape index (κ3) is 3.05. The summed E-state index contributed by atoms with van der Waals surface area (Å²) in [6, 6.07) is 6.34. The van der Waals surface area contributed by atoms with Crippen LogP contribution < -0.4 is 0 Å². The van der Waals surface area contributed by atoms with Gasteiger partial charge in [0.15, 0.2) is 21.4 Å². The minimum absolute atomic E-state index is 0.180. The number of hydrogen-bond acceptors (Lipinski definition) is 5. The Morgan fingerprint density at radius 2 is 1.73 bits per heavy atom. The predicted molar refractivity (Wildman–Crippen MR) is 96.9 cm³/mol. The first-order valence-electron chi connectivity index (χ1n) is 8.28. The van der Waals surface area contributed by atoms with Crippen molar-refractivity contribution in [3.8, 4) is 11.3 Å². The Kier molecular flexibility index (Phi) is 4.47. The van der Waals surface area contributed by atoms with Crippen molar-refractivity contribution >= 4 is 21.5 Å². The fraction of sp³-hybridized carbons (Fsp3) is 0.389. The lowest BCUT2D eigenvalue weighted by Crippen LogP contribution is -2.25. The summed E-state index contributed by atoms with van der Waals surface area (Å²) in [5, 5.41) is -0.279. The lowest BCUT2D eigenvalue weighted by atomic mass is 10.1. The van der Waals surface area contributed by atoms with Gasteiger partial charge in [0.1, 0.15) is 11.4 Å². The molecule has 0 radical (unpaired) electrons. The van der Waals surface area contributed by atoms with E-state index in [4.69, 9.17) is 0 Å². The normalized spacial score (nSPS) is 14.3. The van der Waals surface area contributed by atoms with Gasteiger partial charge in [-0.05, 0) is 25.0 Å². The van der Waals surface area contributed by atoms with Crippen LogP contribution in [-0.4, -0.2) is 53.9 Å². The smallest absolute Gasteiger partial charge is 0.272 e. The van der Waals surface area contributed by atoms with Crippen molar-refractivity contribution in [2.45, 2.75) is 29.9 Å². The summed E-state index contributed by atoms with van der Waals surface area (Å²) < 4.78 is 26.1. The highest BCUT2D eigenvalue weighted by atomic mass is 32.2. The van der Waals surface area contributed by atoms with Crippen LogP contribution in [0.3, 0.4) is 0 Å². The topological polar surface area (TPSA) is 89.3 Å². The third-order valence-corrected chi connectivity index (χ3v) is 6.72. The Hall–Kier alpha value is -2.48. The zero-order valence-corrected chi connectivity index (χ0v) is 16.0. The van der Waals surface area contributed by atoms with Gasteiger partial charge in [-0.2, -0.15) is 0 Å². The Balaban J connectivity index is 2.10. The number of hydrogen-bond donors (Lipinski definition) is 0. The number of nitrogens with zero attached hydrogens (tertiary/aromatic N) is 3. The van der Waals surface area contributed by atoms with Gasteiger partial charge in [0.25, 0.3) is 5.91 Å². The van der Waals surface area contributed by atoms with E-state index in [1.54, 1.807) is 33.3 Å². The zero-order chi connectivity index (χ0) is 19.2. The highest BCUT2D eigenvalue weighted by Gasteiger charge is 2.36. The van der Waals surface area contributed by atoms with Crippen LogP contribution >= 0.6 is 0 Å². The molecule has 0 atom stereocenters. The minimum Gasteiger partial charge on any atom is -0.343 e. The number of sulfone groups is 1. The van der Waals surface area contributed by atoms with E-state index in [1.165, 1.54) is 28.5 Å². The van der Waals surface area contributed by atoms with Gasteiger partial charge >= 0.3 is 0 Å². The van der Waals surface area contributed by atoms with E-state index in [1.807, 2.05) is 0 Å². The van der Waals surface area contributed by atoms with Crippen LogP contribution in [0.25, 0.3) is 11.3 Å². The van der Waals surface area contributed by atoms with Gasteiger partial charge in [-0.15, -0.1) is 0 Å². The van der Waals surface area contributed by atoms with E-state index in [2.05, 4.69) is 4.98 Å². The monoisotopic (exact) mass is 375 g/mol. The second-order valence-electron chi connectivity index (χ2n) is 6.72. The van der Waals surface area contributed by atoms with Crippen LogP contribution in [0.2, 0.25) is 0 Å². The quantitative estimate of drug-likeness (QED) is 0.745. The molecule has 1 aromatic carbocycles. The Morgan fingerprint density at radius 3 is 2.19 bits per heavy atom. The second-order valence-corrected chi connectivity index (χ2v) is 8.94. The summed E-state index contributed by atoms with van der Waals surface area (Å²) in [6.07, 6.45) is 1.40. The summed E-state index contributed by atoms with van der Waals surface area (Å²) in [4.78, 5) is 30.4. The molecule has 0 N–H and O–H groups in total. The molecule has 1 aliphatic rings. The van der Waals surface area contributed by atoms with Crippen molar-refractivity contribution in [3.05, 3.63) is 35.8 Å².